The molecule has 1 heterocycles. The first kappa shape index (κ1) is 20.6. The third-order valence-electron chi connectivity index (χ3n) is 2.98. The molecule has 2 aromatic rings. The molecule has 2 rings (SSSR count). The number of anilines is 1. The number of thiazole rings is 1. The Morgan fingerprint density at radius 2 is 1.62 bits per heavy atom. The SMILES string of the molecule is CC(C)(C)OC(=O)N(C(=O)OC(C)(C)C)c1nc2c(CBr)cccc2s1. The molecular formula is C18H23BrN2O4S. The van der Waals surface area contributed by atoms with Gasteiger partial charge in [0.15, 0.2) is 0 Å². The third kappa shape index (κ3) is 5.17. The summed E-state index contributed by atoms with van der Waals surface area (Å²) in [5.74, 6) is 0. The molecule has 26 heavy (non-hydrogen) atoms. The molecule has 1 aromatic carbocycles. The number of carbonyl (C=O) groups excluding carboxylic acids is 2. The van der Waals surface area contributed by atoms with Gasteiger partial charge in [-0.1, -0.05) is 39.4 Å². The topological polar surface area (TPSA) is 68.7 Å². The van der Waals surface area contributed by atoms with Crippen molar-refractivity contribution in [3.05, 3.63) is 23.8 Å². The van der Waals surface area contributed by atoms with Crippen molar-refractivity contribution in [2.45, 2.75) is 58.1 Å². The highest BCUT2D eigenvalue weighted by Crippen LogP contribution is 2.33. The molecule has 0 aliphatic heterocycles. The molecule has 0 aliphatic carbocycles. The highest BCUT2D eigenvalue weighted by Gasteiger charge is 2.34. The molecule has 0 spiro atoms. The summed E-state index contributed by atoms with van der Waals surface area (Å²) >= 11 is 4.67. The minimum Gasteiger partial charge on any atom is -0.443 e. The number of nitrogens with zero attached hydrogens (tertiary/aromatic N) is 2. The van der Waals surface area contributed by atoms with E-state index in [2.05, 4.69) is 20.9 Å². The molecule has 0 saturated carbocycles. The van der Waals surface area contributed by atoms with E-state index >= 15 is 0 Å². The number of benzene rings is 1. The zero-order valence-corrected chi connectivity index (χ0v) is 18.2. The van der Waals surface area contributed by atoms with Crippen LogP contribution in [0.1, 0.15) is 47.1 Å². The normalized spacial score (nSPS) is 12.1. The fourth-order valence-electron chi connectivity index (χ4n) is 2.04. The number of aromatic nitrogens is 1. The summed E-state index contributed by atoms with van der Waals surface area (Å²) in [6.07, 6.45) is -1.63. The maximum absolute atomic E-state index is 12.7. The van der Waals surface area contributed by atoms with Crippen molar-refractivity contribution in [2.24, 2.45) is 0 Å². The maximum atomic E-state index is 12.7. The van der Waals surface area contributed by atoms with E-state index in [4.69, 9.17) is 9.47 Å². The van der Waals surface area contributed by atoms with Gasteiger partial charge >= 0.3 is 12.2 Å². The zero-order chi connectivity index (χ0) is 19.7. The molecular weight excluding hydrogens is 420 g/mol. The number of alkyl halides is 1. The average molecular weight is 443 g/mol. The average Bonchev–Trinajstić information content (AvgIpc) is 2.86. The number of amides is 2. The second kappa shape index (κ2) is 7.52. The van der Waals surface area contributed by atoms with Crippen molar-refractivity contribution >= 4 is 54.8 Å². The van der Waals surface area contributed by atoms with Crippen LogP contribution in [0.4, 0.5) is 14.7 Å². The zero-order valence-electron chi connectivity index (χ0n) is 15.8. The Kier molecular flexibility index (Phi) is 5.97. The first-order chi connectivity index (χ1) is 11.9. The van der Waals surface area contributed by atoms with Crippen molar-refractivity contribution in [2.75, 3.05) is 4.90 Å². The van der Waals surface area contributed by atoms with Gasteiger partial charge in [0.25, 0.3) is 0 Å². The Balaban J connectivity index is 2.49. The minimum atomic E-state index is -0.814. The lowest BCUT2D eigenvalue weighted by Gasteiger charge is -2.27. The van der Waals surface area contributed by atoms with Crippen LogP contribution in [-0.4, -0.2) is 28.4 Å². The van der Waals surface area contributed by atoms with Gasteiger partial charge in [0.2, 0.25) is 5.13 Å². The van der Waals surface area contributed by atoms with E-state index in [1.54, 1.807) is 41.5 Å². The number of para-hydroxylation sites is 1. The molecule has 6 nitrogen and oxygen atoms in total. The van der Waals surface area contributed by atoms with Gasteiger partial charge in [-0.15, -0.1) is 0 Å². The van der Waals surface area contributed by atoms with Gasteiger partial charge in [-0.3, -0.25) is 0 Å². The number of hydrogen-bond donors (Lipinski definition) is 0. The van der Waals surface area contributed by atoms with Crippen molar-refractivity contribution in [3.8, 4) is 0 Å². The fourth-order valence-corrected chi connectivity index (χ4v) is 3.49. The summed E-state index contributed by atoms with van der Waals surface area (Å²) in [6.45, 7) is 10.4. The van der Waals surface area contributed by atoms with Crippen molar-refractivity contribution in [1.29, 1.82) is 0 Å². The Morgan fingerprint density at radius 1 is 1.08 bits per heavy atom. The summed E-state index contributed by atoms with van der Waals surface area (Å²) in [6, 6.07) is 5.74. The molecule has 0 N–H and O–H groups in total. The second-order valence-corrected chi connectivity index (χ2v) is 9.26. The Morgan fingerprint density at radius 3 is 2.08 bits per heavy atom. The highest BCUT2D eigenvalue weighted by atomic mass is 79.9. The van der Waals surface area contributed by atoms with Crippen LogP contribution < -0.4 is 4.90 Å². The lowest BCUT2D eigenvalue weighted by molar-refractivity contribution is 0.0431. The molecule has 0 saturated heterocycles. The Hall–Kier alpha value is -1.67. The van der Waals surface area contributed by atoms with Gasteiger partial charge in [0.05, 0.1) is 10.2 Å². The van der Waals surface area contributed by atoms with E-state index in [0.29, 0.717) is 5.33 Å². The quantitative estimate of drug-likeness (QED) is 0.543. The Labute approximate surface area is 165 Å². The van der Waals surface area contributed by atoms with Gasteiger partial charge in [0, 0.05) is 5.33 Å². The largest absolute Gasteiger partial charge is 0.443 e. The predicted octanol–water partition coefficient (Wildman–Crippen LogP) is 5.87. The summed E-state index contributed by atoms with van der Waals surface area (Å²) in [5, 5.41) is 0.837. The highest BCUT2D eigenvalue weighted by molar-refractivity contribution is 9.08. The number of hydrogen-bond acceptors (Lipinski definition) is 6. The summed E-state index contributed by atoms with van der Waals surface area (Å²) < 4.78 is 11.6. The number of fused-ring (bicyclic) bond motifs is 1. The molecule has 0 aliphatic rings. The monoisotopic (exact) mass is 442 g/mol. The van der Waals surface area contributed by atoms with Crippen molar-refractivity contribution < 1.29 is 19.1 Å². The molecule has 8 heteroatoms. The number of rotatable bonds is 2. The maximum Gasteiger partial charge on any atom is 0.426 e. The van der Waals surface area contributed by atoms with Gasteiger partial charge in [0.1, 0.15) is 11.2 Å². The van der Waals surface area contributed by atoms with Crippen LogP contribution in [0.2, 0.25) is 0 Å². The molecule has 2 amide bonds. The third-order valence-corrected chi connectivity index (χ3v) is 4.59. The molecule has 0 bridgehead atoms. The van der Waals surface area contributed by atoms with Gasteiger partial charge in [-0.25, -0.2) is 14.6 Å². The van der Waals surface area contributed by atoms with Crippen molar-refractivity contribution in [3.63, 3.8) is 0 Å². The van der Waals surface area contributed by atoms with E-state index in [9.17, 15) is 9.59 Å². The lowest BCUT2D eigenvalue weighted by atomic mass is 10.2. The van der Waals surface area contributed by atoms with E-state index in [1.807, 2.05) is 18.2 Å². The minimum absolute atomic E-state index is 0.219. The van der Waals surface area contributed by atoms with E-state index in [0.717, 1.165) is 20.7 Å². The summed E-state index contributed by atoms with van der Waals surface area (Å²) in [5.41, 5.74) is 0.198. The number of halogens is 1. The molecule has 0 radical (unpaired) electrons. The summed E-state index contributed by atoms with van der Waals surface area (Å²) in [7, 11) is 0. The van der Waals surface area contributed by atoms with Gasteiger partial charge < -0.3 is 9.47 Å². The van der Waals surface area contributed by atoms with Crippen LogP contribution in [-0.2, 0) is 14.8 Å². The van der Waals surface area contributed by atoms with Crippen LogP contribution >= 0.6 is 27.3 Å². The van der Waals surface area contributed by atoms with E-state index in [1.165, 1.54) is 11.3 Å². The number of carbonyl (C=O) groups is 2. The fraction of sp³-hybridized carbons (Fsp3) is 0.500. The first-order valence-corrected chi connectivity index (χ1v) is 10.1. The van der Waals surface area contributed by atoms with Gasteiger partial charge in [-0.2, -0.15) is 4.90 Å². The number of imide groups is 1. The number of ether oxygens (including phenoxy) is 2. The lowest BCUT2D eigenvalue weighted by Crippen LogP contribution is -2.43. The molecule has 1 aromatic heterocycles. The molecule has 0 atom stereocenters. The van der Waals surface area contributed by atoms with E-state index in [-0.39, 0.29) is 5.13 Å². The van der Waals surface area contributed by atoms with Crippen LogP contribution in [0.15, 0.2) is 18.2 Å². The van der Waals surface area contributed by atoms with Crippen LogP contribution in [0.5, 0.6) is 0 Å². The standard InChI is InChI=1S/C18H23BrN2O4S/c1-17(2,3)24-15(22)21(16(23)25-18(4,5)6)14-20-13-11(10-19)8-7-9-12(13)26-14/h7-9H,10H2,1-6H3. The van der Waals surface area contributed by atoms with E-state index < -0.39 is 23.4 Å². The van der Waals surface area contributed by atoms with Crippen LogP contribution in [0.3, 0.4) is 0 Å². The van der Waals surface area contributed by atoms with Gasteiger partial charge in [-0.05, 0) is 53.2 Å². The molecule has 0 unspecified atom stereocenters. The van der Waals surface area contributed by atoms with Crippen LogP contribution in [0, 0.1) is 0 Å². The van der Waals surface area contributed by atoms with Crippen LogP contribution in [0.25, 0.3) is 10.2 Å². The second-order valence-electron chi connectivity index (χ2n) is 7.69. The predicted molar refractivity (Wildman–Crippen MR) is 107 cm³/mol. The van der Waals surface area contributed by atoms with Crippen molar-refractivity contribution in [1.82, 2.24) is 4.98 Å². The molecule has 0 fully saturated rings. The first-order valence-electron chi connectivity index (χ1n) is 8.12. The Bertz CT molecular complexity index is 793. The smallest absolute Gasteiger partial charge is 0.426 e. The molecule has 142 valence electrons. The summed E-state index contributed by atoms with van der Waals surface area (Å²) in [4.78, 5) is 30.7.